The van der Waals surface area contributed by atoms with E-state index in [0.717, 1.165) is 16.7 Å². The third-order valence-electron chi connectivity index (χ3n) is 6.31. The van der Waals surface area contributed by atoms with Crippen LogP contribution in [0, 0.1) is 0 Å². The van der Waals surface area contributed by atoms with Crippen LogP contribution >= 0.6 is 0 Å². The van der Waals surface area contributed by atoms with Crippen molar-refractivity contribution in [2.24, 2.45) is 0 Å². The highest BCUT2D eigenvalue weighted by atomic mass is 16.7. The Hall–Kier alpha value is -2.88. The Morgan fingerprint density at radius 3 is 1.63 bits per heavy atom. The molecule has 38 heavy (non-hydrogen) atoms. The SMILES string of the molecule is C=CCOC[C@@H](O)[C@H]1O[C@H](O)[C@H](OCc2ccccc2)[C@@H](OCc2ccccc2)[C@H]1OCc1ccccc1. The average Bonchev–Trinajstić information content (AvgIpc) is 2.96. The molecule has 0 spiro atoms. The van der Waals surface area contributed by atoms with E-state index < -0.39 is 36.8 Å². The fraction of sp³-hybridized carbons (Fsp3) is 0.355. The topological polar surface area (TPSA) is 86.6 Å². The number of hydrogen-bond donors (Lipinski definition) is 2. The first-order chi connectivity index (χ1) is 18.7. The predicted octanol–water partition coefficient (Wildman–Crippen LogP) is 4.02. The van der Waals surface area contributed by atoms with E-state index in [4.69, 9.17) is 23.7 Å². The quantitative estimate of drug-likeness (QED) is 0.245. The summed E-state index contributed by atoms with van der Waals surface area (Å²) in [6.07, 6.45) is -4.12. The molecule has 0 radical (unpaired) electrons. The van der Waals surface area contributed by atoms with Crippen molar-refractivity contribution in [1.82, 2.24) is 0 Å². The van der Waals surface area contributed by atoms with Crippen LogP contribution in [0.3, 0.4) is 0 Å². The van der Waals surface area contributed by atoms with Crippen molar-refractivity contribution in [3.8, 4) is 0 Å². The molecule has 1 fully saturated rings. The highest BCUT2D eigenvalue weighted by molar-refractivity contribution is 5.15. The van der Waals surface area contributed by atoms with Gasteiger partial charge in [0.2, 0.25) is 0 Å². The van der Waals surface area contributed by atoms with E-state index in [1.165, 1.54) is 0 Å². The van der Waals surface area contributed by atoms with E-state index in [1.807, 2.05) is 91.0 Å². The zero-order valence-electron chi connectivity index (χ0n) is 21.4. The lowest BCUT2D eigenvalue weighted by atomic mass is 9.94. The number of rotatable bonds is 14. The van der Waals surface area contributed by atoms with Crippen molar-refractivity contribution in [3.63, 3.8) is 0 Å². The van der Waals surface area contributed by atoms with Crippen molar-refractivity contribution in [3.05, 3.63) is 120 Å². The van der Waals surface area contributed by atoms with Gasteiger partial charge >= 0.3 is 0 Å². The summed E-state index contributed by atoms with van der Waals surface area (Å²) in [6.45, 7) is 4.68. The van der Waals surface area contributed by atoms with Crippen molar-refractivity contribution in [2.75, 3.05) is 13.2 Å². The van der Waals surface area contributed by atoms with Gasteiger partial charge in [0.05, 0.1) is 33.0 Å². The molecule has 0 saturated carbocycles. The molecule has 7 heteroatoms. The van der Waals surface area contributed by atoms with Gasteiger partial charge in [-0.05, 0) is 16.7 Å². The Bertz CT molecular complexity index is 1060. The zero-order valence-corrected chi connectivity index (χ0v) is 21.4. The Balaban J connectivity index is 1.58. The molecule has 2 N–H and O–H groups in total. The van der Waals surface area contributed by atoms with Crippen LogP contribution in [0.2, 0.25) is 0 Å². The summed E-state index contributed by atoms with van der Waals surface area (Å²) in [7, 11) is 0. The molecule has 0 amide bonds. The predicted molar refractivity (Wildman–Crippen MR) is 143 cm³/mol. The summed E-state index contributed by atoms with van der Waals surface area (Å²) in [5, 5.41) is 22.1. The van der Waals surface area contributed by atoms with Gasteiger partial charge < -0.3 is 33.9 Å². The van der Waals surface area contributed by atoms with Crippen LogP contribution in [0.4, 0.5) is 0 Å². The van der Waals surface area contributed by atoms with Crippen LogP contribution in [-0.2, 0) is 43.5 Å². The minimum Gasteiger partial charge on any atom is -0.388 e. The maximum atomic E-state index is 11.1. The molecular formula is C31H36O7. The first kappa shape index (κ1) is 28.1. The highest BCUT2D eigenvalue weighted by Crippen LogP contribution is 2.31. The fourth-order valence-corrected chi connectivity index (χ4v) is 4.39. The molecule has 1 heterocycles. The van der Waals surface area contributed by atoms with Crippen LogP contribution in [0.25, 0.3) is 0 Å². The van der Waals surface area contributed by atoms with Crippen LogP contribution in [-0.4, -0.2) is 60.2 Å². The van der Waals surface area contributed by atoms with E-state index in [0.29, 0.717) is 0 Å². The van der Waals surface area contributed by atoms with E-state index in [2.05, 4.69) is 6.58 Å². The highest BCUT2D eigenvalue weighted by Gasteiger charge is 2.50. The Morgan fingerprint density at radius 1 is 0.711 bits per heavy atom. The van der Waals surface area contributed by atoms with E-state index >= 15 is 0 Å². The molecule has 0 bridgehead atoms. The van der Waals surface area contributed by atoms with Crippen molar-refractivity contribution in [2.45, 2.75) is 56.6 Å². The van der Waals surface area contributed by atoms with Gasteiger partial charge in [-0.3, -0.25) is 0 Å². The Kier molecular flexibility index (Phi) is 11.0. The van der Waals surface area contributed by atoms with Gasteiger partial charge in [-0.1, -0.05) is 97.1 Å². The summed E-state index contributed by atoms with van der Waals surface area (Å²) in [5.41, 5.74) is 2.87. The van der Waals surface area contributed by atoms with E-state index in [9.17, 15) is 10.2 Å². The van der Waals surface area contributed by atoms with Gasteiger partial charge in [-0.25, -0.2) is 0 Å². The first-order valence-electron chi connectivity index (χ1n) is 12.8. The fourth-order valence-electron chi connectivity index (χ4n) is 4.39. The molecule has 0 aliphatic carbocycles. The van der Waals surface area contributed by atoms with Gasteiger partial charge in [0.1, 0.15) is 30.5 Å². The third-order valence-corrected chi connectivity index (χ3v) is 6.31. The Morgan fingerprint density at radius 2 is 1.16 bits per heavy atom. The van der Waals surface area contributed by atoms with Crippen LogP contribution in [0.1, 0.15) is 16.7 Å². The van der Waals surface area contributed by atoms with Crippen molar-refractivity contribution < 1.29 is 33.9 Å². The smallest absolute Gasteiger partial charge is 0.184 e. The minimum absolute atomic E-state index is 0.0183. The molecule has 0 unspecified atom stereocenters. The van der Waals surface area contributed by atoms with E-state index in [1.54, 1.807) is 6.08 Å². The van der Waals surface area contributed by atoms with Gasteiger partial charge in [-0.15, -0.1) is 6.58 Å². The maximum Gasteiger partial charge on any atom is 0.184 e. The first-order valence-corrected chi connectivity index (χ1v) is 12.8. The van der Waals surface area contributed by atoms with Gasteiger partial charge in [0.15, 0.2) is 6.29 Å². The summed E-state index contributed by atoms with van der Waals surface area (Å²) in [5.74, 6) is 0. The molecule has 1 aliphatic rings. The van der Waals surface area contributed by atoms with Crippen molar-refractivity contribution >= 4 is 0 Å². The lowest BCUT2D eigenvalue weighted by Gasteiger charge is -2.45. The molecule has 3 aromatic rings. The molecule has 7 nitrogen and oxygen atoms in total. The second-order valence-electron chi connectivity index (χ2n) is 9.17. The van der Waals surface area contributed by atoms with E-state index in [-0.39, 0.29) is 33.0 Å². The summed E-state index contributed by atoms with van der Waals surface area (Å²) in [4.78, 5) is 0. The number of hydrogen-bond acceptors (Lipinski definition) is 7. The maximum absolute atomic E-state index is 11.1. The molecular weight excluding hydrogens is 484 g/mol. The number of benzene rings is 3. The standard InChI is InChI=1S/C31H36O7/c1-2-18-34-22-26(32)27-28(35-19-23-12-6-3-7-13-23)29(36-20-24-14-8-4-9-15-24)30(31(33)38-27)37-21-25-16-10-5-11-17-25/h2-17,26-33H,1,18-22H2/t26-,27-,28+,29+,30-,31+/m1/s1. The molecule has 202 valence electrons. The average molecular weight is 521 g/mol. The molecule has 6 atom stereocenters. The van der Waals surface area contributed by atoms with Crippen LogP contribution in [0.5, 0.6) is 0 Å². The van der Waals surface area contributed by atoms with Gasteiger partial charge in [0, 0.05) is 0 Å². The van der Waals surface area contributed by atoms with Gasteiger partial charge in [0.25, 0.3) is 0 Å². The molecule has 1 aliphatic heterocycles. The lowest BCUT2D eigenvalue weighted by Crippen LogP contribution is -2.63. The summed E-state index contributed by atoms with van der Waals surface area (Å²) in [6, 6.07) is 29.1. The van der Waals surface area contributed by atoms with Crippen LogP contribution < -0.4 is 0 Å². The largest absolute Gasteiger partial charge is 0.388 e. The Labute approximate surface area is 224 Å². The van der Waals surface area contributed by atoms with Crippen molar-refractivity contribution in [1.29, 1.82) is 0 Å². The minimum atomic E-state index is -1.35. The lowest BCUT2D eigenvalue weighted by molar-refractivity contribution is -0.325. The van der Waals surface area contributed by atoms with Crippen LogP contribution in [0.15, 0.2) is 104 Å². The summed E-state index contributed by atoms with van der Waals surface area (Å²) < 4.78 is 30.4. The molecule has 0 aromatic heterocycles. The second kappa shape index (κ2) is 14.9. The van der Waals surface area contributed by atoms with Gasteiger partial charge in [-0.2, -0.15) is 0 Å². The normalized spacial score (nSPS) is 24.1. The monoisotopic (exact) mass is 520 g/mol. The second-order valence-corrected chi connectivity index (χ2v) is 9.17. The number of ether oxygens (including phenoxy) is 5. The third kappa shape index (κ3) is 8.06. The zero-order chi connectivity index (χ0) is 26.6. The summed E-state index contributed by atoms with van der Waals surface area (Å²) >= 11 is 0. The molecule has 4 rings (SSSR count). The molecule has 1 saturated heterocycles. The molecule has 3 aromatic carbocycles. The number of aliphatic hydroxyl groups is 2. The number of aliphatic hydroxyl groups excluding tert-OH is 2.